The van der Waals surface area contributed by atoms with E-state index in [9.17, 15) is 26.3 Å². The van der Waals surface area contributed by atoms with Crippen LogP contribution < -0.4 is 15.4 Å². The van der Waals surface area contributed by atoms with E-state index in [2.05, 4.69) is 27.4 Å². The third kappa shape index (κ3) is 6.23. The zero-order chi connectivity index (χ0) is 29.5. The molecule has 1 aromatic heterocycles. The summed E-state index contributed by atoms with van der Waals surface area (Å²) in [6, 6.07) is 8.32. The highest BCUT2D eigenvalue weighted by Gasteiger charge is 2.43. The molecule has 3 aliphatic heterocycles. The van der Waals surface area contributed by atoms with Crippen LogP contribution in [-0.2, 0) is 12.4 Å². The monoisotopic (exact) mass is 596 g/mol. The molecule has 3 aliphatic rings. The van der Waals surface area contributed by atoms with Gasteiger partial charge >= 0.3 is 12.4 Å². The van der Waals surface area contributed by atoms with Crippen molar-refractivity contribution < 1.29 is 31.1 Å². The van der Waals surface area contributed by atoms with E-state index in [1.807, 2.05) is 18.2 Å². The molecule has 2 bridgehead atoms. The lowest BCUT2D eigenvalue weighted by molar-refractivity contribution is -0.143. The molecule has 2 unspecified atom stereocenters. The van der Waals surface area contributed by atoms with Crippen molar-refractivity contribution in [3.63, 3.8) is 0 Å². The number of rotatable bonds is 6. The van der Waals surface area contributed by atoms with Crippen molar-refractivity contribution >= 4 is 33.9 Å². The molecule has 220 valence electrons. The Hall–Kier alpha value is -3.12. The number of nitrogens with zero attached hydrogens (tertiary/aromatic N) is 2. The first-order valence-electron chi connectivity index (χ1n) is 13.4. The van der Waals surface area contributed by atoms with E-state index in [4.69, 9.17) is 17.0 Å². The number of hydrogen-bond acceptors (Lipinski definition) is 4. The van der Waals surface area contributed by atoms with Gasteiger partial charge in [0, 0.05) is 29.9 Å². The molecule has 3 saturated heterocycles. The number of pyridine rings is 1. The Labute approximate surface area is 239 Å². The highest BCUT2D eigenvalue weighted by Crippen LogP contribution is 2.43. The Morgan fingerprint density at radius 3 is 2.37 bits per heavy atom. The molecule has 5 nitrogen and oxygen atoms in total. The average molecular weight is 597 g/mol. The molecule has 5 atom stereocenters. The van der Waals surface area contributed by atoms with Crippen molar-refractivity contribution in [2.45, 2.75) is 50.6 Å². The second-order valence-electron chi connectivity index (χ2n) is 10.7. The molecule has 6 rings (SSSR count). The summed E-state index contributed by atoms with van der Waals surface area (Å²) >= 11 is 5.51. The molecular formula is C29H30F6N4OS. The molecule has 0 radical (unpaired) electrons. The minimum Gasteiger partial charge on any atom is -0.497 e. The summed E-state index contributed by atoms with van der Waals surface area (Å²) in [7, 11) is 1.56. The van der Waals surface area contributed by atoms with E-state index in [0.29, 0.717) is 29.7 Å². The Balaban J connectivity index is 1.51. The number of hydrogen-bond donors (Lipinski definition) is 2. The van der Waals surface area contributed by atoms with Crippen LogP contribution in [0.1, 0.15) is 48.9 Å². The Kier molecular flexibility index (Phi) is 8.08. The topological polar surface area (TPSA) is 49.4 Å². The van der Waals surface area contributed by atoms with Crippen LogP contribution in [0.25, 0.3) is 10.9 Å². The van der Waals surface area contributed by atoms with E-state index in [-0.39, 0.29) is 17.2 Å². The molecule has 3 fully saturated rings. The van der Waals surface area contributed by atoms with Gasteiger partial charge < -0.3 is 15.4 Å². The number of thiocarbonyl (C=S) groups is 1. The third-order valence-corrected chi connectivity index (χ3v) is 8.51. The lowest BCUT2D eigenvalue weighted by Crippen LogP contribution is -2.58. The van der Waals surface area contributed by atoms with Crippen LogP contribution >= 0.6 is 12.2 Å². The summed E-state index contributed by atoms with van der Waals surface area (Å²) in [5.74, 6) is 1.72. The number of benzene rings is 2. The van der Waals surface area contributed by atoms with Crippen molar-refractivity contribution in [1.82, 2.24) is 15.2 Å². The third-order valence-electron chi connectivity index (χ3n) is 8.29. The number of halogens is 6. The maximum absolute atomic E-state index is 13.4. The molecule has 0 aliphatic carbocycles. The normalized spacial score (nSPS) is 23.3. The molecule has 3 aromatic rings. The first-order valence-corrected chi connectivity index (χ1v) is 13.8. The molecule has 12 heteroatoms. The van der Waals surface area contributed by atoms with Gasteiger partial charge in [-0.3, -0.25) is 9.88 Å². The summed E-state index contributed by atoms with van der Waals surface area (Å²) in [6.07, 6.45) is -5.21. The quantitative estimate of drug-likeness (QED) is 0.228. The smallest absolute Gasteiger partial charge is 0.416 e. The average Bonchev–Trinajstić information content (AvgIpc) is 2.94. The van der Waals surface area contributed by atoms with Crippen molar-refractivity contribution in [3.05, 3.63) is 65.4 Å². The van der Waals surface area contributed by atoms with Gasteiger partial charge in [0.1, 0.15) is 5.75 Å². The van der Waals surface area contributed by atoms with E-state index in [0.717, 1.165) is 48.8 Å². The Bertz CT molecular complexity index is 1400. The number of methoxy groups -OCH3 is 1. The SMILES string of the molecule is CC[C@H]1CN2CC[C@H]1CC2[C@@H](NC(=S)Nc1cc(C(F)(F)F)cc(C(F)(F)F)c1)c1ccnc2ccc(OC)cc12. The highest BCUT2D eigenvalue weighted by molar-refractivity contribution is 7.80. The maximum Gasteiger partial charge on any atom is 0.416 e. The summed E-state index contributed by atoms with van der Waals surface area (Å²) in [5, 5.41) is 6.61. The van der Waals surface area contributed by atoms with Gasteiger partial charge in [0.15, 0.2) is 5.11 Å². The van der Waals surface area contributed by atoms with Crippen LogP contribution in [0, 0.1) is 11.8 Å². The maximum atomic E-state index is 13.4. The number of ether oxygens (including phenoxy) is 1. The standard InChI is InChI=1S/C29H30F6N4OS/c1-3-16-15-39-9-7-17(16)10-25(39)26(22-6-8-36-24-5-4-21(40-2)14-23(22)24)38-27(41)37-20-12-18(28(30,31)32)11-19(13-20)29(33,34)35/h4-6,8,11-14,16-17,25-26H,3,7,9-10,15H2,1-2H3,(H2,37,38,41)/t16-,17-,25?,26-/m0/s1. The zero-order valence-corrected chi connectivity index (χ0v) is 23.3. The fraction of sp³-hybridized carbons (Fsp3) is 0.448. The predicted molar refractivity (Wildman–Crippen MR) is 149 cm³/mol. The summed E-state index contributed by atoms with van der Waals surface area (Å²) in [6.45, 7) is 4.00. The van der Waals surface area contributed by atoms with Crippen LogP contribution in [0.15, 0.2) is 48.7 Å². The first-order chi connectivity index (χ1) is 19.4. The Morgan fingerprint density at radius 2 is 1.78 bits per heavy atom. The van der Waals surface area contributed by atoms with E-state index < -0.39 is 35.2 Å². The molecule has 2 aromatic carbocycles. The second kappa shape index (κ2) is 11.3. The predicted octanol–water partition coefficient (Wildman–Crippen LogP) is 7.43. The van der Waals surface area contributed by atoms with Gasteiger partial charge in [-0.15, -0.1) is 0 Å². The number of anilines is 1. The molecule has 0 saturated carbocycles. The number of alkyl halides is 6. The molecule has 41 heavy (non-hydrogen) atoms. The highest BCUT2D eigenvalue weighted by atomic mass is 32.1. The van der Waals surface area contributed by atoms with E-state index in [1.165, 1.54) is 0 Å². The van der Waals surface area contributed by atoms with Crippen LogP contribution in [-0.4, -0.2) is 41.2 Å². The van der Waals surface area contributed by atoms with Gasteiger partial charge in [-0.05, 0) is 91.5 Å². The minimum absolute atomic E-state index is 0.000321. The largest absolute Gasteiger partial charge is 0.497 e. The van der Waals surface area contributed by atoms with E-state index in [1.54, 1.807) is 19.4 Å². The molecule has 0 amide bonds. The molecule has 2 N–H and O–H groups in total. The molecular weight excluding hydrogens is 566 g/mol. The van der Waals surface area contributed by atoms with Crippen molar-refractivity contribution in [1.29, 1.82) is 0 Å². The van der Waals surface area contributed by atoms with Crippen molar-refractivity contribution in [2.24, 2.45) is 11.8 Å². The van der Waals surface area contributed by atoms with Crippen LogP contribution in [0.2, 0.25) is 0 Å². The second-order valence-corrected chi connectivity index (χ2v) is 11.1. The Morgan fingerprint density at radius 1 is 1.07 bits per heavy atom. The van der Waals surface area contributed by atoms with Crippen molar-refractivity contribution in [3.8, 4) is 5.75 Å². The van der Waals surface area contributed by atoms with Gasteiger partial charge in [0.25, 0.3) is 0 Å². The van der Waals surface area contributed by atoms with Crippen LogP contribution in [0.4, 0.5) is 32.0 Å². The van der Waals surface area contributed by atoms with Crippen molar-refractivity contribution in [2.75, 3.05) is 25.5 Å². The van der Waals surface area contributed by atoms with Gasteiger partial charge in [-0.1, -0.05) is 13.3 Å². The lowest BCUT2D eigenvalue weighted by atomic mass is 9.72. The number of nitrogens with one attached hydrogen (secondary N) is 2. The number of fused-ring (bicyclic) bond motifs is 4. The van der Waals surface area contributed by atoms with E-state index >= 15 is 0 Å². The fourth-order valence-electron chi connectivity index (χ4n) is 6.25. The number of aromatic nitrogens is 1. The summed E-state index contributed by atoms with van der Waals surface area (Å²) in [5.41, 5.74) is -1.64. The van der Waals surface area contributed by atoms with Gasteiger partial charge in [0.05, 0.1) is 29.8 Å². The van der Waals surface area contributed by atoms with Gasteiger partial charge in [-0.25, -0.2) is 0 Å². The fourth-order valence-corrected chi connectivity index (χ4v) is 6.50. The van der Waals surface area contributed by atoms with Gasteiger partial charge in [-0.2, -0.15) is 26.3 Å². The summed E-state index contributed by atoms with van der Waals surface area (Å²) in [4.78, 5) is 6.88. The summed E-state index contributed by atoms with van der Waals surface area (Å²) < 4.78 is 86.1. The molecule has 4 heterocycles. The number of piperidine rings is 3. The van der Waals surface area contributed by atoms with Crippen LogP contribution in [0.3, 0.4) is 0 Å². The first kappa shape index (κ1) is 29.4. The minimum atomic E-state index is -4.96. The molecule has 0 spiro atoms. The zero-order valence-electron chi connectivity index (χ0n) is 22.4. The lowest BCUT2D eigenvalue weighted by Gasteiger charge is -2.52. The van der Waals surface area contributed by atoms with Crippen LogP contribution in [0.5, 0.6) is 5.75 Å². The van der Waals surface area contributed by atoms with Gasteiger partial charge in [0.2, 0.25) is 0 Å².